The van der Waals surface area contributed by atoms with E-state index in [4.69, 9.17) is 5.11 Å². The van der Waals surface area contributed by atoms with E-state index in [0.29, 0.717) is 5.41 Å². The number of β-amino-alcohol motifs (C(OH)–C–C–N with tert-alkyl or cyclic N) is 1. The summed E-state index contributed by atoms with van der Waals surface area (Å²) < 4.78 is 0. The van der Waals surface area contributed by atoms with Crippen LogP contribution in [-0.2, 0) is 0 Å². The maximum atomic E-state index is 8.95. The van der Waals surface area contributed by atoms with E-state index >= 15 is 0 Å². The first-order chi connectivity index (χ1) is 8.93. The Morgan fingerprint density at radius 2 is 1.68 bits per heavy atom. The molecule has 2 N–H and O–H groups in total. The van der Waals surface area contributed by atoms with Crippen LogP contribution >= 0.6 is 0 Å². The molecule has 0 aromatic heterocycles. The summed E-state index contributed by atoms with van der Waals surface area (Å²) in [5, 5.41) is 12.5. The molecule has 1 rings (SSSR count). The quantitative estimate of drug-likeness (QED) is 0.687. The highest BCUT2D eigenvalue weighted by Gasteiger charge is 2.24. The second-order valence-electron chi connectivity index (χ2n) is 7.03. The Morgan fingerprint density at radius 1 is 1.11 bits per heavy atom. The molecule has 0 aliphatic carbocycles. The Balaban J connectivity index is 2.22. The van der Waals surface area contributed by atoms with Crippen molar-refractivity contribution in [3.05, 3.63) is 0 Å². The predicted octanol–water partition coefficient (Wildman–Crippen LogP) is 0.868. The van der Waals surface area contributed by atoms with Crippen LogP contribution in [0.25, 0.3) is 0 Å². The number of nitrogens with one attached hydrogen (secondary N) is 1. The number of aliphatic hydroxyl groups excluding tert-OH is 1. The van der Waals surface area contributed by atoms with Crippen molar-refractivity contribution >= 4 is 0 Å². The summed E-state index contributed by atoms with van der Waals surface area (Å²) in [6, 6.07) is 0. The molecule has 1 saturated heterocycles. The van der Waals surface area contributed by atoms with Gasteiger partial charge in [0.05, 0.1) is 6.61 Å². The Labute approximate surface area is 119 Å². The third kappa shape index (κ3) is 7.25. The zero-order valence-electron chi connectivity index (χ0n) is 13.3. The highest BCUT2D eigenvalue weighted by Crippen LogP contribution is 2.17. The highest BCUT2D eigenvalue weighted by atomic mass is 16.3. The van der Waals surface area contributed by atoms with E-state index in [1.165, 1.54) is 0 Å². The van der Waals surface area contributed by atoms with E-state index in [0.717, 1.165) is 58.3 Å². The number of hydrogen-bond donors (Lipinski definition) is 2. The van der Waals surface area contributed by atoms with Gasteiger partial charge in [-0.2, -0.15) is 0 Å². The number of hydrogen-bond acceptors (Lipinski definition) is 4. The van der Waals surface area contributed by atoms with E-state index in [2.05, 4.69) is 42.8 Å². The van der Waals surface area contributed by atoms with Crippen LogP contribution in [0.3, 0.4) is 0 Å². The van der Waals surface area contributed by atoms with Crippen molar-refractivity contribution in [1.29, 1.82) is 0 Å². The summed E-state index contributed by atoms with van der Waals surface area (Å²) >= 11 is 0. The predicted molar refractivity (Wildman–Crippen MR) is 81.5 cm³/mol. The third-order valence-electron chi connectivity index (χ3n) is 3.69. The molecule has 0 bridgehead atoms. The van der Waals surface area contributed by atoms with Crippen LogP contribution in [0, 0.1) is 11.3 Å². The summed E-state index contributed by atoms with van der Waals surface area (Å²) in [5.74, 6) is 0.720. The van der Waals surface area contributed by atoms with Gasteiger partial charge in [-0.05, 0) is 17.9 Å². The topological polar surface area (TPSA) is 38.7 Å². The Kier molecular flexibility index (Phi) is 7.29. The van der Waals surface area contributed by atoms with Gasteiger partial charge in [-0.3, -0.25) is 4.90 Å². The van der Waals surface area contributed by atoms with Gasteiger partial charge in [0, 0.05) is 45.8 Å². The van der Waals surface area contributed by atoms with Crippen LogP contribution in [-0.4, -0.2) is 73.9 Å². The van der Waals surface area contributed by atoms with E-state index in [9.17, 15) is 0 Å². The zero-order valence-corrected chi connectivity index (χ0v) is 13.3. The van der Waals surface area contributed by atoms with Gasteiger partial charge in [0.15, 0.2) is 0 Å². The van der Waals surface area contributed by atoms with Crippen molar-refractivity contribution in [2.75, 3.05) is 59.0 Å². The van der Waals surface area contributed by atoms with Gasteiger partial charge in [0.2, 0.25) is 0 Å². The molecule has 4 nitrogen and oxygen atoms in total. The van der Waals surface area contributed by atoms with Gasteiger partial charge < -0.3 is 15.3 Å². The number of piperazine rings is 1. The smallest absolute Gasteiger partial charge is 0.0558 e. The summed E-state index contributed by atoms with van der Waals surface area (Å²) in [7, 11) is 0. The molecule has 1 aliphatic rings. The molecule has 1 aliphatic heterocycles. The van der Waals surface area contributed by atoms with E-state index in [-0.39, 0.29) is 6.61 Å². The van der Waals surface area contributed by atoms with Crippen molar-refractivity contribution in [1.82, 2.24) is 15.1 Å². The molecular formula is C15H33N3O. The summed E-state index contributed by atoms with van der Waals surface area (Å²) in [4.78, 5) is 4.91. The Hall–Kier alpha value is -0.160. The molecular weight excluding hydrogens is 238 g/mol. The second kappa shape index (κ2) is 8.20. The minimum absolute atomic E-state index is 0.282. The van der Waals surface area contributed by atoms with Crippen LogP contribution in [0.5, 0.6) is 0 Å². The van der Waals surface area contributed by atoms with Gasteiger partial charge in [-0.25, -0.2) is 0 Å². The van der Waals surface area contributed by atoms with Gasteiger partial charge in [-0.15, -0.1) is 0 Å². The number of nitrogens with zero attached hydrogens (tertiary/aromatic N) is 2. The maximum Gasteiger partial charge on any atom is 0.0558 e. The lowest BCUT2D eigenvalue weighted by atomic mass is 9.92. The molecule has 0 aromatic carbocycles. The van der Waals surface area contributed by atoms with Crippen LogP contribution in [0.2, 0.25) is 0 Å². The Morgan fingerprint density at radius 3 is 2.21 bits per heavy atom. The number of aliphatic hydroxyl groups is 1. The lowest BCUT2D eigenvalue weighted by Gasteiger charge is -2.39. The fourth-order valence-corrected chi connectivity index (χ4v) is 2.67. The van der Waals surface area contributed by atoms with Crippen LogP contribution in [0.4, 0.5) is 0 Å². The van der Waals surface area contributed by atoms with Gasteiger partial charge >= 0.3 is 0 Å². The monoisotopic (exact) mass is 271 g/mol. The van der Waals surface area contributed by atoms with Crippen LogP contribution in [0.15, 0.2) is 0 Å². The van der Waals surface area contributed by atoms with Gasteiger partial charge in [-0.1, -0.05) is 27.7 Å². The van der Waals surface area contributed by atoms with Crippen molar-refractivity contribution in [3.8, 4) is 0 Å². The van der Waals surface area contributed by atoms with E-state index in [1.54, 1.807) is 0 Å². The van der Waals surface area contributed by atoms with Crippen molar-refractivity contribution in [2.45, 2.75) is 27.7 Å². The SMILES string of the molecule is CC(C)CNCC(C)(C)CN1CCN(CCO)CC1. The molecule has 4 heteroatoms. The van der Waals surface area contributed by atoms with Gasteiger partial charge in [0.1, 0.15) is 0 Å². The van der Waals surface area contributed by atoms with Crippen molar-refractivity contribution in [3.63, 3.8) is 0 Å². The molecule has 0 atom stereocenters. The molecule has 19 heavy (non-hydrogen) atoms. The molecule has 1 fully saturated rings. The lowest BCUT2D eigenvalue weighted by Crippen LogP contribution is -2.51. The normalized spacial score (nSPS) is 19.3. The zero-order chi connectivity index (χ0) is 14.3. The molecule has 1 heterocycles. The minimum Gasteiger partial charge on any atom is -0.395 e. The van der Waals surface area contributed by atoms with E-state index < -0.39 is 0 Å². The van der Waals surface area contributed by atoms with Crippen LogP contribution in [0.1, 0.15) is 27.7 Å². The first kappa shape index (κ1) is 16.9. The van der Waals surface area contributed by atoms with E-state index in [1.807, 2.05) is 0 Å². The highest BCUT2D eigenvalue weighted by molar-refractivity contribution is 4.80. The minimum atomic E-state index is 0.282. The molecule has 0 aromatic rings. The molecule has 0 saturated carbocycles. The summed E-state index contributed by atoms with van der Waals surface area (Å²) in [6.07, 6.45) is 0. The third-order valence-corrected chi connectivity index (χ3v) is 3.69. The average Bonchev–Trinajstić information content (AvgIpc) is 2.31. The fourth-order valence-electron chi connectivity index (χ4n) is 2.67. The summed E-state index contributed by atoms with van der Waals surface area (Å²) in [5.41, 5.74) is 0.327. The molecule has 0 radical (unpaired) electrons. The van der Waals surface area contributed by atoms with Crippen molar-refractivity contribution < 1.29 is 5.11 Å². The molecule has 0 unspecified atom stereocenters. The molecule has 0 amide bonds. The first-order valence-electron chi connectivity index (χ1n) is 7.69. The summed E-state index contributed by atoms with van der Waals surface area (Å²) in [6.45, 7) is 18.1. The second-order valence-corrected chi connectivity index (χ2v) is 7.03. The lowest BCUT2D eigenvalue weighted by molar-refractivity contribution is 0.0849. The largest absolute Gasteiger partial charge is 0.395 e. The van der Waals surface area contributed by atoms with Crippen LogP contribution < -0.4 is 5.32 Å². The first-order valence-corrected chi connectivity index (χ1v) is 7.69. The molecule has 0 spiro atoms. The average molecular weight is 271 g/mol. The standard InChI is InChI=1S/C15H33N3O/c1-14(2)11-16-12-15(3,4)13-18-7-5-17(6-8-18)9-10-19/h14,16,19H,5-13H2,1-4H3. The van der Waals surface area contributed by atoms with Gasteiger partial charge in [0.25, 0.3) is 0 Å². The molecule has 114 valence electrons. The fraction of sp³-hybridized carbons (Fsp3) is 1.00. The Bertz CT molecular complexity index is 236. The number of rotatable bonds is 8. The van der Waals surface area contributed by atoms with Crippen molar-refractivity contribution in [2.24, 2.45) is 11.3 Å². The maximum absolute atomic E-state index is 8.95.